The number of nitrogens with two attached hydrogens (primary N) is 1. The molecule has 0 saturated heterocycles. The van der Waals surface area contributed by atoms with Crippen molar-refractivity contribution < 1.29 is 5.11 Å². The van der Waals surface area contributed by atoms with E-state index in [1.165, 1.54) is 0 Å². The summed E-state index contributed by atoms with van der Waals surface area (Å²) in [6.45, 7) is 2.75. The van der Waals surface area contributed by atoms with Gasteiger partial charge in [-0.25, -0.2) is 0 Å². The Hall–Kier alpha value is -1.17. The molecule has 2 rings (SSSR count). The van der Waals surface area contributed by atoms with Crippen LogP contribution in [0.4, 0.5) is 0 Å². The van der Waals surface area contributed by atoms with Crippen molar-refractivity contribution in [3.8, 4) is 0 Å². The zero-order valence-electron chi connectivity index (χ0n) is 10.2. The SMILES string of the molecule is CCn1ncc(Br)c1C(O)(CN)c1ccccc1. The number of hydrogen-bond acceptors (Lipinski definition) is 3. The second-order valence-corrected chi connectivity index (χ2v) is 4.94. The Labute approximate surface area is 115 Å². The summed E-state index contributed by atoms with van der Waals surface area (Å²) in [5.41, 5.74) is 6.04. The monoisotopic (exact) mass is 309 g/mol. The third-order valence-electron chi connectivity index (χ3n) is 3.03. The van der Waals surface area contributed by atoms with E-state index in [0.717, 1.165) is 10.0 Å². The number of halogens is 1. The van der Waals surface area contributed by atoms with Gasteiger partial charge >= 0.3 is 0 Å². The molecule has 1 aromatic carbocycles. The van der Waals surface area contributed by atoms with Gasteiger partial charge < -0.3 is 10.8 Å². The van der Waals surface area contributed by atoms with E-state index in [0.29, 0.717) is 12.2 Å². The molecule has 0 aliphatic rings. The van der Waals surface area contributed by atoms with Crippen LogP contribution in [0.15, 0.2) is 41.0 Å². The zero-order chi connectivity index (χ0) is 13.2. The van der Waals surface area contributed by atoms with Crippen LogP contribution in [0.1, 0.15) is 18.2 Å². The van der Waals surface area contributed by atoms with E-state index in [9.17, 15) is 5.11 Å². The van der Waals surface area contributed by atoms with E-state index in [1.54, 1.807) is 10.9 Å². The Morgan fingerprint density at radius 3 is 2.61 bits per heavy atom. The molecule has 1 unspecified atom stereocenters. The van der Waals surface area contributed by atoms with Crippen molar-refractivity contribution in [2.45, 2.75) is 19.1 Å². The molecule has 5 heteroatoms. The number of aromatic nitrogens is 2. The van der Waals surface area contributed by atoms with Crippen LogP contribution in [0.5, 0.6) is 0 Å². The number of rotatable bonds is 4. The standard InChI is InChI=1S/C13H16BrN3O/c1-2-17-12(11(14)8-16-17)13(18,9-15)10-6-4-3-5-7-10/h3-8,18H,2,9,15H2,1H3. The van der Waals surface area contributed by atoms with Gasteiger partial charge in [0.15, 0.2) is 0 Å². The van der Waals surface area contributed by atoms with Gasteiger partial charge in [-0.3, -0.25) is 4.68 Å². The minimum Gasteiger partial charge on any atom is -0.377 e. The average Bonchev–Trinajstić information content (AvgIpc) is 2.80. The highest BCUT2D eigenvalue weighted by Crippen LogP contribution is 2.33. The molecule has 96 valence electrons. The molecule has 1 heterocycles. The van der Waals surface area contributed by atoms with Crippen molar-refractivity contribution in [2.75, 3.05) is 6.54 Å². The van der Waals surface area contributed by atoms with Gasteiger partial charge in [0.2, 0.25) is 0 Å². The minimum atomic E-state index is -1.23. The molecule has 0 saturated carbocycles. The molecule has 0 aliphatic heterocycles. The van der Waals surface area contributed by atoms with Gasteiger partial charge in [0.05, 0.1) is 16.4 Å². The van der Waals surface area contributed by atoms with Crippen molar-refractivity contribution in [3.05, 3.63) is 52.3 Å². The molecule has 1 aromatic heterocycles. The molecule has 3 N–H and O–H groups in total. The summed E-state index contributed by atoms with van der Waals surface area (Å²) in [6, 6.07) is 9.41. The fourth-order valence-electron chi connectivity index (χ4n) is 2.08. The van der Waals surface area contributed by atoms with Crippen LogP contribution in [-0.4, -0.2) is 21.4 Å². The van der Waals surface area contributed by atoms with E-state index in [1.807, 2.05) is 37.3 Å². The maximum Gasteiger partial charge on any atom is 0.144 e. The molecular weight excluding hydrogens is 294 g/mol. The lowest BCUT2D eigenvalue weighted by molar-refractivity contribution is 0.0794. The first-order valence-electron chi connectivity index (χ1n) is 5.83. The Morgan fingerprint density at radius 1 is 1.39 bits per heavy atom. The predicted molar refractivity (Wildman–Crippen MR) is 74.1 cm³/mol. The van der Waals surface area contributed by atoms with Crippen molar-refractivity contribution in [3.63, 3.8) is 0 Å². The summed E-state index contributed by atoms with van der Waals surface area (Å²) < 4.78 is 2.52. The smallest absolute Gasteiger partial charge is 0.144 e. The van der Waals surface area contributed by atoms with Gasteiger partial charge in [-0.05, 0) is 28.4 Å². The van der Waals surface area contributed by atoms with Crippen LogP contribution in [0.2, 0.25) is 0 Å². The van der Waals surface area contributed by atoms with Crippen LogP contribution in [0.25, 0.3) is 0 Å². The third-order valence-corrected chi connectivity index (χ3v) is 3.61. The summed E-state index contributed by atoms with van der Waals surface area (Å²) in [6.07, 6.45) is 1.68. The van der Waals surface area contributed by atoms with Crippen molar-refractivity contribution in [1.82, 2.24) is 9.78 Å². The molecular formula is C13H16BrN3O. The van der Waals surface area contributed by atoms with Crippen molar-refractivity contribution in [2.24, 2.45) is 5.73 Å². The Morgan fingerprint density at radius 2 is 2.06 bits per heavy atom. The van der Waals surface area contributed by atoms with E-state index in [-0.39, 0.29) is 6.54 Å². The summed E-state index contributed by atoms with van der Waals surface area (Å²) >= 11 is 3.43. The maximum absolute atomic E-state index is 10.9. The van der Waals surface area contributed by atoms with Gasteiger partial charge in [-0.1, -0.05) is 30.3 Å². The van der Waals surface area contributed by atoms with Crippen molar-refractivity contribution >= 4 is 15.9 Å². The first-order chi connectivity index (χ1) is 8.63. The van der Waals surface area contributed by atoms with Crippen LogP contribution >= 0.6 is 15.9 Å². The Balaban J connectivity index is 2.60. The van der Waals surface area contributed by atoms with Gasteiger partial charge in [0.1, 0.15) is 5.60 Å². The zero-order valence-corrected chi connectivity index (χ0v) is 11.8. The Bertz CT molecular complexity index is 526. The second-order valence-electron chi connectivity index (χ2n) is 4.09. The van der Waals surface area contributed by atoms with E-state index in [2.05, 4.69) is 21.0 Å². The molecule has 0 bridgehead atoms. The summed E-state index contributed by atoms with van der Waals surface area (Å²) in [7, 11) is 0. The largest absolute Gasteiger partial charge is 0.377 e. The van der Waals surface area contributed by atoms with Gasteiger partial charge in [-0.15, -0.1) is 0 Å². The lowest BCUT2D eigenvalue weighted by Crippen LogP contribution is -2.38. The van der Waals surface area contributed by atoms with Crippen LogP contribution in [0, 0.1) is 0 Å². The summed E-state index contributed by atoms with van der Waals surface area (Å²) in [5.74, 6) is 0. The van der Waals surface area contributed by atoms with Crippen LogP contribution in [0.3, 0.4) is 0 Å². The topological polar surface area (TPSA) is 64.1 Å². The highest BCUT2D eigenvalue weighted by molar-refractivity contribution is 9.10. The molecule has 18 heavy (non-hydrogen) atoms. The second kappa shape index (κ2) is 5.22. The highest BCUT2D eigenvalue weighted by atomic mass is 79.9. The first kappa shape index (κ1) is 13.3. The molecule has 1 atom stereocenters. The predicted octanol–water partition coefficient (Wildman–Crippen LogP) is 1.86. The number of nitrogens with zero attached hydrogens (tertiary/aromatic N) is 2. The van der Waals surface area contributed by atoms with Gasteiger partial charge in [0.25, 0.3) is 0 Å². The summed E-state index contributed by atoms with van der Waals surface area (Å²) in [5, 5.41) is 15.2. The molecule has 0 radical (unpaired) electrons. The Kier molecular flexibility index (Phi) is 3.85. The molecule has 0 fully saturated rings. The first-order valence-corrected chi connectivity index (χ1v) is 6.62. The molecule has 0 aliphatic carbocycles. The van der Waals surface area contributed by atoms with Gasteiger partial charge in [-0.2, -0.15) is 5.10 Å². The maximum atomic E-state index is 10.9. The number of hydrogen-bond donors (Lipinski definition) is 2. The van der Waals surface area contributed by atoms with E-state index < -0.39 is 5.60 Å². The van der Waals surface area contributed by atoms with Crippen LogP contribution in [-0.2, 0) is 12.1 Å². The average molecular weight is 310 g/mol. The third kappa shape index (κ3) is 2.09. The number of aliphatic hydroxyl groups is 1. The number of aryl methyl sites for hydroxylation is 1. The fraction of sp³-hybridized carbons (Fsp3) is 0.308. The fourth-order valence-corrected chi connectivity index (χ4v) is 2.70. The molecule has 4 nitrogen and oxygen atoms in total. The quantitative estimate of drug-likeness (QED) is 0.906. The normalized spacial score (nSPS) is 14.4. The minimum absolute atomic E-state index is 0.0985. The highest BCUT2D eigenvalue weighted by Gasteiger charge is 2.35. The van der Waals surface area contributed by atoms with E-state index in [4.69, 9.17) is 5.73 Å². The number of benzene rings is 1. The lowest BCUT2D eigenvalue weighted by Gasteiger charge is -2.28. The van der Waals surface area contributed by atoms with E-state index >= 15 is 0 Å². The molecule has 2 aromatic rings. The molecule has 0 spiro atoms. The molecule has 0 amide bonds. The lowest BCUT2D eigenvalue weighted by atomic mass is 9.90. The summed E-state index contributed by atoms with van der Waals surface area (Å²) in [4.78, 5) is 0. The van der Waals surface area contributed by atoms with Crippen LogP contribution < -0.4 is 5.73 Å². The van der Waals surface area contributed by atoms with Gasteiger partial charge in [0, 0.05) is 13.1 Å². The van der Waals surface area contributed by atoms with Crippen molar-refractivity contribution in [1.29, 1.82) is 0 Å².